The molecule has 0 aromatic heterocycles. The van der Waals surface area contributed by atoms with Crippen LogP contribution >= 0.6 is 0 Å². The Morgan fingerprint density at radius 2 is 2.00 bits per heavy atom. The number of carbonyl (C=O) groups excluding carboxylic acids is 1. The molecule has 15 heavy (non-hydrogen) atoms. The highest BCUT2D eigenvalue weighted by Gasteiger charge is 2.29. The Balaban J connectivity index is 4.19. The highest BCUT2D eigenvalue weighted by molar-refractivity contribution is 7.92. The minimum absolute atomic E-state index is 0.235. The first-order valence-electron chi connectivity index (χ1n) is 4.38. The molecule has 6 heteroatoms. The lowest BCUT2D eigenvalue weighted by Crippen LogP contribution is -2.40. The van der Waals surface area contributed by atoms with E-state index in [1.165, 1.54) is 25.6 Å². The number of nitrogens with one attached hydrogen (secondary N) is 1. The number of carbonyl (C=O) groups is 1. The fourth-order valence-electron chi connectivity index (χ4n) is 0.631. The van der Waals surface area contributed by atoms with Crippen LogP contribution in [-0.2, 0) is 19.4 Å². The van der Waals surface area contributed by atoms with Crippen molar-refractivity contribution >= 4 is 15.8 Å². The molecule has 0 saturated carbocycles. The molecule has 0 radical (unpaired) electrons. The SMILES string of the molecule is COC(=O)/C=C/NCC(C)(C)S(C)(=O)=O. The van der Waals surface area contributed by atoms with Crippen LogP contribution < -0.4 is 5.32 Å². The van der Waals surface area contributed by atoms with E-state index >= 15 is 0 Å². The number of methoxy groups -OCH3 is 1. The van der Waals surface area contributed by atoms with E-state index in [2.05, 4.69) is 10.1 Å². The van der Waals surface area contributed by atoms with Gasteiger partial charge in [0.25, 0.3) is 0 Å². The minimum Gasteiger partial charge on any atom is -0.466 e. The van der Waals surface area contributed by atoms with Gasteiger partial charge in [-0.15, -0.1) is 0 Å². The average molecular weight is 235 g/mol. The van der Waals surface area contributed by atoms with Gasteiger partial charge in [-0.1, -0.05) is 0 Å². The first kappa shape index (κ1) is 14.0. The molecular weight excluding hydrogens is 218 g/mol. The Morgan fingerprint density at radius 3 is 2.40 bits per heavy atom. The number of hydrogen-bond donors (Lipinski definition) is 1. The van der Waals surface area contributed by atoms with Crippen molar-refractivity contribution in [3.05, 3.63) is 12.3 Å². The maximum absolute atomic E-state index is 11.3. The smallest absolute Gasteiger partial charge is 0.331 e. The molecule has 0 unspecified atom stereocenters. The van der Waals surface area contributed by atoms with Gasteiger partial charge in [0.1, 0.15) is 0 Å². The third-order valence-corrected chi connectivity index (χ3v) is 4.22. The number of esters is 1. The van der Waals surface area contributed by atoms with Crippen molar-refractivity contribution in [3.63, 3.8) is 0 Å². The van der Waals surface area contributed by atoms with Crippen molar-refractivity contribution < 1.29 is 17.9 Å². The zero-order chi connectivity index (χ0) is 12.1. The molecular formula is C9H17NO4S. The fraction of sp³-hybridized carbons (Fsp3) is 0.667. The van der Waals surface area contributed by atoms with Crippen molar-refractivity contribution in [2.75, 3.05) is 19.9 Å². The Kier molecular flexibility index (Phi) is 4.80. The summed E-state index contributed by atoms with van der Waals surface area (Å²) in [7, 11) is -1.85. The number of ether oxygens (including phenoxy) is 1. The largest absolute Gasteiger partial charge is 0.466 e. The normalized spacial score (nSPS) is 12.8. The second-order valence-electron chi connectivity index (χ2n) is 3.77. The molecule has 0 amide bonds. The van der Waals surface area contributed by atoms with Crippen LogP contribution in [0.25, 0.3) is 0 Å². The molecule has 0 fully saturated rings. The molecule has 0 spiro atoms. The lowest BCUT2D eigenvalue weighted by Gasteiger charge is -2.21. The van der Waals surface area contributed by atoms with Gasteiger partial charge in [0.15, 0.2) is 9.84 Å². The van der Waals surface area contributed by atoms with Crippen LogP contribution in [-0.4, -0.2) is 39.0 Å². The van der Waals surface area contributed by atoms with Crippen LogP contribution in [0.4, 0.5) is 0 Å². The van der Waals surface area contributed by atoms with Gasteiger partial charge >= 0.3 is 5.97 Å². The van der Waals surface area contributed by atoms with Gasteiger partial charge < -0.3 is 10.1 Å². The second-order valence-corrected chi connectivity index (χ2v) is 6.42. The van der Waals surface area contributed by atoms with E-state index in [4.69, 9.17) is 0 Å². The van der Waals surface area contributed by atoms with E-state index in [-0.39, 0.29) is 6.54 Å². The number of rotatable bonds is 5. The molecule has 5 nitrogen and oxygen atoms in total. The summed E-state index contributed by atoms with van der Waals surface area (Å²) >= 11 is 0. The molecule has 0 aliphatic heterocycles. The van der Waals surface area contributed by atoms with E-state index < -0.39 is 20.6 Å². The van der Waals surface area contributed by atoms with E-state index in [1.807, 2.05) is 0 Å². The first-order valence-corrected chi connectivity index (χ1v) is 6.27. The lowest BCUT2D eigenvalue weighted by molar-refractivity contribution is -0.134. The molecule has 0 saturated heterocycles. The molecule has 0 aliphatic carbocycles. The van der Waals surface area contributed by atoms with Crippen molar-refractivity contribution in [2.45, 2.75) is 18.6 Å². The third kappa shape index (κ3) is 4.83. The summed E-state index contributed by atoms with van der Waals surface area (Å²) in [5, 5.41) is 2.74. The lowest BCUT2D eigenvalue weighted by atomic mass is 10.2. The quantitative estimate of drug-likeness (QED) is 0.540. The highest BCUT2D eigenvalue weighted by Crippen LogP contribution is 2.13. The van der Waals surface area contributed by atoms with Crippen LogP contribution in [0.2, 0.25) is 0 Å². The van der Waals surface area contributed by atoms with Gasteiger partial charge in [-0.05, 0) is 13.8 Å². The van der Waals surface area contributed by atoms with Crippen molar-refractivity contribution in [3.8, 4) is 0 Å². The number of sulfone groups is 1. The van der Waals surface area contributed by atoms with Crippen molar-refractivity contribution in [1.82, 2.24) is 5.32 Å². The zero-order valence-electron chi connectivity index (χ0n) is 9.40. The Hall–Kier alpha value is -1.04. The molecule has 0 aromatic rings. The molecule has 0 bridgehead atoms. The van der Waals surface area contributed by atoms with E-state index in [9.17, 15) is 13.2 Å². The Morgan fingerprint density at radius 1 is 1.47 bits per heavy atom. The second kappa shape index (κ2) is 5.16. The van der Waals surface area contributed by atoms with Crippen LogP contribution in [0.15, 0.2) is 12.3 Å². The van der Waals surface area contributed by atoms with Gasteiger partial charge in [-0.25, -0.2) is 13.2 Å². The van der Waals surface area contributed by atoms with Gasteiger partial charge in [-0.3, -0.25) is 0 Å². The molecule has 0 atom stereocenters. The van der Waals surface area contributed by atoms with Gasteiger partial charge in [0, 0.05) is 25.1 Å². The van der Waals surface area contributed by atoms with Crippen molar-refractivity contribution in [1.29, 1.82) is 0 Å². The predicted octanol–water partition coefficient (Wildman–Crippen LogP) is 0.0859. The first-order chi connectivity index (χ1) is 6.70. The topological polar surface area (TPSA) is 72.5 Å². The molecule has 1 N–H and O–H groups in total. The summed E-state index contributed by atoms with van der Waals surface area (Å²) in [4.78, 5) is 10.7. The minimum atomic E-state index is -3.12. The molecule has 0 rings (SSSR count). The van der Waals surface area contributed by atoms with Crippen molar-refractivity contribution in [2.24, 2.45) is 0 Å². The summed E-state index contributed by atoms with van der Waals surface area (Å²) in [5.41, 5.74) is 0. The van der Waals surface area contributed by atoms with Crippen LogP contribution in [0, 0.1) is 0 Å². The summed E-state index contributed by atoms with van der Waals surface area (Å²) < 4.78 is 26.1. The van der Waals surface area contributed by atoms with Gasteiger partial charge in [0.05, 0.1) is 11.9 Å². The summed E-state index contributed by atoms with van der Waals surface area (Å²) in [6.45, 7) is 3.46. The maximum atomic E-state index is 11.3. The maximum Gasteiger partial charge on any atom is 0.331 e. The van der Waals surface area contributed by atoms with Gasteiger partial charge in [-0.2, -0.15) is 0 Å². The van der Waals surface area contributed by atoms with Gasteiger partial charge in [0.2, 0.25) is 0 Å². The summed E-state index contributed by atoms with van der Waals surface area (Å²) in [6.07, 6.45) is 3.75. The average Bonchev–Trinajstić information content (AvgIpc) is 2.10. The monoisotopic (exact) mass is 235 g/mol. The predicted molar refractivity (Wildman–Crippen MR) is 58.1 cm³/mol. The van der Waals surface area contributed by atoms with E-state index in [0.717, 1.165) is 0 Å². The molecule has 88 valence electrons. The van der Waals surface area contributed by atoms with Crippen LogP contribution in [0.5, 0.6) is 0 Å². The molecule has 0 aliphatic rings. The number of hydrogen-bond acceptors (Lipinski definition) is 5. The van der Waals surface area contributed by atoms with Crippen LogP contribution in [0.1, 0.15) is 13.8 Å². The Bertz CT molecular complexity index is 343. The molecule has 0 heterocycles. The standard InChI is InChI=1S/C9H17NO4S/c1-9(2,15(4,12)13)7-10-6-5-8(11)14-3/h5-6,10H,7H2,1-4H3/b6-5+. The Labute approximate surface area is 90.4 Å². The van der Waals surface area contributed by atoms with E-state index in [0.29, 0.717) is 0 Å². The summed E-state index contributed by atoms with van der Waals surface area (Å²) in [5.74, 6) is -0.486. The molecule has 0 aromatic carbocycles. The third-order valence-electron chi connectivity index (χ3n) is 2.07. The fourth-order valence-corrected chi connectivity index (χ4v) is 0.976. The van der Waals surface area contributed by atoms with Crippen LogP contribution in [0.3, 0.4) is 0 Å². The zero-order valence-corrected chi connectivity index (χ0v) is 10.2. The summed E-state index contributed by atoms with van der Waals surface area (Å²) in [6, 6.07) is 0. The van der Waals surface area contributed by atoms with E-state index in [1.54, 1.807) is 13.8 Å². The highest BCUT2D eigenvalue weighted by atomic mass is 32.2.